The molecule has 102 valence electrons. The Bertz CT molecular complexity index is 410. The molecule has 1 saturated carbocycles. The van der Waals surface area contributed by atoms with Crippen molar-refractivity contribution in [2.45, 2.75) is 52.5 Å². The van der Waals surface area contributed by atoms with Gasteiger partial charge in [-0.3, -0.25) is 4.68 Å². The Kier molecular flexibility index (Phi) is 3.83. The lowest BCUT2D eigenvalue weighted by Gasteiger charge is -2.33. The number of rotatable bonds is 3. The minimum atomic E-state index is 0.531. The van der Waals surface area contributed by atoms with Crippen molar-refractivity contribution in [2.24, 2.45) is 18.9 Å². The molecule has 3 unspecified atom stereocenters. The molecule has 3 N–H and O–H groups in total. The van der Waals surface area contributed by atoms with Gasteiger partial charge in [-0.2, -0.15) is 5.10 Å². The molecule has 2 rings (SSSR count). The summed E-state index contributed by atoms with van der Waals surface area (Å²) in [5, 5.41) is 8.08. The number of aromatic nitrogens is 2. The van der Waals surface area contributed by atoms with E-state index < -0.39 is 0 Å². The minimum absolute atomic E-state index is 0.531. The molecule has 0 radical (unpaired) electrons. The van der Waals surface area contributed by atoms with Crippen LogP contribution in [0.2, 0.25) is 0 Å². The van der Waals surface area contributed by atoms with E-state index in [1.807, 2.05) is 11.7 Å². The van der Waals surface area contributed by atoms with Gasteiger partial charge in [-0.05, 0) is 37.5 Å². The third-order valence-electron chi connectivity index (χ3n) is 4.25. The zero-order valence-electron chi connectivity index (χ0n) is 12.0. The summed E-state index contributed by atoms with van der Waals surface area (Å²) in [6, 6.07) is 0.531. The second-order valence-electron chi connectivity index (χ2n) is 5.83. The van der Waals surface area contributed by atoms with Gasteiger partial charge >= 0.3 is 0 Å². The van der Waals surface area contributed by atoms with E-state index >= 15 is 0 Å². The average molecular weight is 250 g/mol. The first kappa shape index (κ1) is 13.2. The molecule has 0 spiro atoms. The van der Waals surface area contributed by atoms with Crippen LogP contribution >= 0.6 is 0 Å². The topological polar surface area (TPSA) is 55.9 Å². The second kappa shape index (κ2) is 5.21. The van der Waals surface area contributed by atoms with Crippen LogP contribution in [0.5, 0.6) is 0 Å². The van der Waals surface area contributed by atoms with Gasteiger partial charge in [-0.25, -0.2) is 0 Å². The molecule has 0 saturated heterocycles. The van der Waals surface area contributed by atoms with Crippen molar-refractivity contribution in [1.82, 2.24) is 9.78 Å². The summed E-state index contributed by atoms with van der Waals surface area (Å²) in [5.41, 5.74) is 7.98. The molecular formula is C14H26N4. The quantitative estimate of drug-likeness (QED) is 0.867. The van der Waals surface area contributed by atoms with Gasteiger partial charge in [0.15, 0.2) is 0 Å². The molecule has 0 bridgehead atoms. The summed E-state index contributed by atoms with van der Waals surface area (Å²) < 4.78 is 1.89. The highest BCUT2D eigenvalue weighted by molar-refractivity contribution is 5.65. The summed E-state index contributed by atoms with van der Waals surface area (Å²) in [6.45, 7) is 6.77. The molecule has 0 aliphatic heterocycles. The highest BCUT2D eigenvalue weighted by Gasteiger charge is 2.26. The number of aryl methyl sites for hydroxylation is 2. The van der Waals surface area contributed by atoms with Gasteiger partial charge in [-0.15, -0.1) is 0 Å². The Hall–Kier alpha value is -1.19. The molecule has 18 heavy (non-hydrogen) atoms. The van der Waals surface area contributed by atoms with Crippen LogP contribution in [0, 0.1) is 11.8 Å². The maximum absolute atomic E-state index is 6.16. The Morgan fingerprint density at radius 3 is 2.67 bits per heavy atom. The number of nitrogens with one attached hydrogen (secondary N) is 1. The lowest BCUT2D eigenvalue weighted by Crippen LogP contribution is -2.33. The average Bonchev–Trinajstić information content (AvgIpc) is 2.59. The summed E-state index contributed by atoms with van der Waals surface area (Å²) in [5.74, 6) is 2.56. The summed E-state index contributed by atoms with van der Waals surface area (Å²) in [4.78, 5) is 0. The molecule has 1 aromatic heterocycles. The number of nitrogens with two attached hydrogens (primary N) is 1. The molecule has 1 fully saturated rings. The first-order valence-corrected chi connectivity index (χ1v) is 7.10. The van der Waals surface area contributed by atoms with Gasteiger partial charge in [0, 0.05) is 13.1 Å². The third kappa shape index (κ3) is 2.47. The summed E-state index contributed by atoms with van der Waals surface area (Å²) >= 11 is 0. The van der Waals surface area contributed by atoms with Crippen LogP contribution in [0.4, 0.5) is 11.5 Å². The van der Waals surface area contributed by atoms with Crippen molar-refractivity contribution in [3.63, 3.8) is 0 Å². The van der Waals surface area contributed by atoms with Gasteiger partial charge in [-0.1, -0.05) is 20.8 Å². The van der Waals surface area contributed by atoms with E-state index in [1.165, 1.54) is 19.3 Å². The second-order valence-corrected chi connectivity index (χ2v) is 5.83. The minimum Gasteiger partial charge on any atom is -0.394 e. The molecule has 0 amide bonds. The number of hydrogen-bond donors (Lipinski definition) is 2. The predicted molar refractivity (Wildman–Crippen MR) is 76.6 cm³/mol. The van der Waals surface area contributed by atoms with Gasteiger partial charge < -0.3 is 11.1 Å². The Balaban J connectivity index is 2.12. The van der Waals surface area contributed by atoms with Crippen LogP contribution in [-0.4, -0.2) is 15.8 Å². The first-order chi connectivity index (χ1) is 8.52. The fourth-order valence-electron chi connectivity index (χ4n) is 3.08. The van der Waals surface area contributed by atoms with Crippen molar-refractivity contribution in [3.05, 3.63) is 5.69 Å². The maximum Gasteiger partial charge on any atom is 0.148 e. The molecule has 1 aromatic rings. The monoisotopic (exact) mass is 250 g/mol. The van der Waals surface area contributed by atoms with Crippen molar-refractivity contribution in [3.8, 4) is 0 Å². The smallest absolute Gasteiger partial charge is 0.148 e. The SMILES string of the molecule is CCc1nn(C)c(NC2CCC(C)CC2C)c1N. The standard InChI is InChI=1S/C14H26N4/c1-5-11-13(15)14(18(4)17-11)16-12-7-6-9(2)8-10(12)3/h9-10,12,16H,5-8,15H2,1-4H3. The van der Waals surface area contributed by atoms with Gasteiger partial charge in [0.1, 0.15) is 5.82 Å². The zero-order chi connectivity index (χ0) is 13.3. The van der Waals surface area contributed by atoms with Crippen LogP contribution in [-0.2, 0) is 13.5 Å². The highest BCUT2D eigenvalue weighted by Crippen LogP contribution is 2.32. The van der Waals surface area contributed by atoms with E-state index in [1.54, 1.807) is 0 Å². The molecule has 4 nitrogen and oxygen atoms in total. The zero-order valence-corrected chi connectivity index (χ0v) is 12.0. The molecule has 1 aliphatic carbocycles. The van der Waals surface area contributed by atoms with Gasteiger partial charge in [0.2, 0.25) is 0 Å². The lowest BCUT2D eigenvalue weighted by atomic mass is 9.80. The normalized spacial score (nSPS) is 28.3. The largest absolute Gasteiger partial charge is 0.394 e. The predicted octanol–water partition coefficient (Wildman–Crippen LogP) is 2.80. The molecular weight excluding hydrogens is 224 g/mol. The van der Waals surface area contributed by atoms with Crippen LogP contribution in [0.1, 0.15) is 45.7 Å². The third-order valence-corrected chi connectivity index (χ3v) is 4.25. The number of nitrogen functional groups attached to an aromatic ring is 1. The summed E-state index contributed by atoms with van der Waals surface area (Å²) in [7, 11) is 1.97. The van der Waals surface area contributed by atoms with Crippen molar-refractivity contribution in [2.75, 3.05) is 11.1 Å². The van der Waals surface area contributed by atoms with Crippen molar-refractivity contribution < 1.29 is 0 Å². The summed E-state index contributed by atoms with van der Waals surface area (Å²) in [6.07, 6.45) is 4.73. The van der Waals surface area contributed by atoms with Gasteiger partial charge in [0.25, 0.3) is 0 Å². The fraction of sp³-hybridized carbons (Fsp3) is 0.786. The maximum atomic E-state index is 6.16. The molecule has 4 heteroatoms. The Morgan fingerprint density at radius 1 is 1.39 bits per heavy atom. The lowest BCUT2D eigenvalue weighted by molar-refractivity contribution is 0.276. The molecule has 0 aromatic carbocycles. The van der Waals surface area contributed by atoms with Crippen LogP contribution in [0.25, 0.3) is 0 Å². The Morgan fingerprint density at radius 2 is 2.11 bits per heavy atom. The van der Waals surface area contributed by atoms with E-state index in [2.05, 4.69) is 31.2 Å². The van der Waals surface area contributed by atoms with Crippen LogP contribution in [0.3, 0.4) is 0 Å². The van der Waals surface area contributed by atoms with E-state index in [0.717, 1.165) is 29.5 Å². The van der Waals surface area contributed by atoms with E-state index in [-0.39, 0.29) is 0 Å². The first-order valence-electron chi connectivity index (χ1n) is 7.10. The highest BCUT2D eigenvalue weighted by atomic mass is 15.3. The molecule has 1 heterocycles. The van der Waals surface area contributed by atoms with Crippen LogP contribution < -0.4 is 11.1 Å². The number of anilines is 2. The molecule has 3 atom stereocenters. The van der Waals surface area contributed by atoms with Crippen LogP contribution in [0.15, 0.2) is 0 Å². The van der Waals surface area contributed by atoms with E-state index in [4.69, 9.17) is 5.73 Å². The van der Waals surface area contributed by atoms with E-state index in [0.29, 0.717) is 12.0 Å². The number of nitrogens with zero attached hydrogens (tertiary/aromatic N) is 2. The van der Waals surface area contributed by atoms with Gasteiger partial charge in [0.05, 0.1) is 11.4 Å². The fourth-order valence-corrected chi connectivity index (χ4v) is 3.08. The van der Waals surface area contributed by atoms with Crippen molar-refractivity contribution >= 4 is 11.5 Å². The molecule has 1 aliphatic rings. The number of hydrogen-bond acceptors (Lipinski definition) is 3. The van der Waals surface area contributed by atoms with E-state index in [9.17, 15) is 0 Å². The Labute approximate surface area is 110 Å². The van der Waals surface area contributed by atoms with Crippen molar-refractivity contribution in [1.29, 1.82) is 0 Å².